The Labute approximate surface area is 112 Å². The van der Waals surface area contributed by atoms with Gasteiger partial charge in [0.15, 0.2) is 0 Å². The summed E-state index contributed by atoms with van der Waals surface area (Å²) in [6.07, 6.45) is 9.57. The molecule has 0 amide bonds. The molecule has 0 radical (unpaired) electrons. The first kappa shape index (κ1) is 14.8. The quantitative estimate of drug-likeness (QED) is 0.569. The summed E-state index contributed by atoms with van der Waals surface area (Å²) in [7, 11) is 0. The highest BCUT2D eigenvalue weighted by atomic mass is 14.9. The van der Waals surface area contributed by atoms with Crippen LogP contribution in [0, 0.1) is 26.2 Å². The van der Waals surface area contributed by atoms with E-state index in [1.165, 1.54) is 16.7 Å². The van der Waals surface area contributed by atoms with E-state index in [1.807, 2.05) is 0 Å². The second-order valence-electron chi connectivity index (χ2n) is 4.99. The average Bonchev–Trinajstić information content (AvgIpc) is 2.34. The fraction of sp³-hybridized carbons (Fsp3) is 0.529. The molecule has 1 rings (SSSR count). The maximum Gasteiger partial charge on any atom is 0.0108 e. The van der Waals surface area contributed by atoms with Gasteiger partial charge in [-0.1, -0.05) is 30.7 Å². The summed E-state index contributed by atoms with van der Waals surface area (Å²) in [6.45, 7) is 7.53. The van der Waals surface area contributed by atoms with Gasteiger partial charge in [-0.15, -0.1) is 12.3 Å². The first-order chi connectivity index (χ1) is 8.67. The second kappa shape index (κ2) is 7.95. The van der Waals surface area contributed by atoms with E-state index in [9.17, 15) is 0 Å². The topological polar surface area (TPSA) is 12.0 Å². The van der Waals surface area contributed by atoms with Crippen molar-refractivity contribution < 1.29 is 0 Å². The lowest BCUT2D eigenvalue weighted by Gasteiger charge is -2.19. The van der Waals surface area contributed by atoms with Gasteiger partial charge in [-0.25, -0.2) is 0 Å². The number of hydrogen-bond acceptors (Lipinski definition) is 1. The lowest BCUT2D eigenvalue weighted by molar-refractivity contribution is 0.479. The van der Waals surface area contributed by atoms with Gasteiger partial charge < -0.3 is 5.32 Å². The molecule has 1 N–H and O–H groups in total. The molecule has 1 heteroatoms. The van der Waals surface area contributed by atoms with Gasteiger partial charge in [0.25, 0.3) is 0 Å². The molecule has 0 bridgehead atoms. The molecule has 98 valence electrons. The van der Waals surface area contributed by atoms with Gasteiger partial charge >= 0.3 is 0 Å². The first-order valence-electron chi connectivity index (χ1n) is 6.90. The number of hydrogen-bond donors (Lipinski definition) is 1. The van der Waals surface area contributed by atoms with Crippen LogP contribution in [0.2, 0.25) is 0 Å². The van der Waals surface area contributed by atoms with E-state index in [4.69, 9.17) is 6.42 Å². The van der Waals surface area contributed by atoms with Crippen LogP contribution in [-0.4, -0.2) is 12.6 Å². The molecular formula is C17H25N. The second-order valence-corrected chi connectivity index (χ2v) is 4.99. The normalized spacial score (nSPS) is 12.1. The number of nitrogens with one attached hydrogen (secondary N) is 1. The van der Waals surface area contributed by atoms with Crippen LogP contribution in [0.4, 0.5) is 0 Å². The molecule has 1 nitrogen and oxygen atoms in total. The smallest absolute Gasteiger partial charge is 0.0108 e. The summed E-state index contributed by atoms with van der Waals surface area (Å²) in [5.74, 6) is 2.72. The molecule has 0 saturated carbocycles. The van der Waals surface area contributed by atoms with Crippen LogP contribution in [0.5, 0.6) is 0 Å². The number of terminal acetylenes is 1. The van der Waals surface area contributed by atoms with E-state index < -0.39 is 0 Å². The summed E-state index contributed by atoms with van der Waals surface area (Å²) in [5.41, 5.74) is 4.19. The van der Waals surface area contributed by atoms with Crippen molar-refractivity contribution in [1.82, 2.24) is 5.32 Å². The zero-order valence-corrected chi connectivity index (χ0v) is 11.9. The fourth-order valence-corrected chi connectivity index (χ4v) is 2.30. The first-order valence-corrected chi connectivity index (χ1v) is 6.90. The molecule has 0 fully saturated rings. The number of unbranched alkanes of at least 4 members (excludes halogenated alkanes) is 1. The van der Waals surface area contributed by atoms with Crippen LogP contribution in [0.1, 0.15) is 42.9 Å². The van der Waals surface area contributed by atoms with Crippen molar-refractivity contribution in [3.63, 3.8) is 0 Å². The van der Waals surface area contributed by atoms with Crippen molar-refractivity contribution >= 4 is 0 Å². The van der Waals surface area contributed by atoms with Crippen molar-refractivity contribution in [2.24, 2.45) is 0 Å². The van der Waals surface area contributed by atoms with Gasteiger partial charge in [-0.3, -0.25) is 0 Å². The van der Waals surface area contributed by atoms with E-state index >= 15 is 0 Å². The Morgan fingerprint density at radius 2 is 2.11 bits per heavy atom. The minimum atomic E-state index is 0.545. The van der Waals surface area contributed by atoms with Crippen molar-refractivity contribution in [2.75, 3.05) is 6.54 Å². The largest absolute Gasteiger partial charge is 0.314 e. The summed E-state index contributed by atoms with van der Waals surface area (Å²) >= 11 is 0. The molecular weight excluding hydrogens is 218 g/mol. The van der Waals surface area contributed by atoms with Crippen molar-refractivity contribution in [3.05, 3.63) is 34.9 Å². The zero-order chi connectivity index (χ0) is 13.4. The third-order valence-corrected chi connectivity index (χ3v) is 3.34. The van der Waals surface area contributed by atoms with Gasteiger partial charge in [0, 0.05) is 12.5 Å². The Morgan fingerprint density at radius 1 is 1.33 bits per heavy atom. The van der Waals surface area contributed by atoms with E-state index in [-0.39, 0.29) is 0 Å². The molecule has 0 aliphatic rings. The van der Waals surface area contributed by atoms with Gasteiger partial charge in [0.2, 0.25) is 0 Å². The maximum atomic E-state index is 5.31. The molecule has 18 heavy (non-hydrogen) atoms. The zero-order valence-electron chi connectivity index (χ0n) is 11.9. The van der Waals surface area contributed by atoms with Crippen LogP contribution in [0.15, 0.2) is 18.2 Å². The molecule has 0 heterocycles. The highest BCUT2D eigenvalue weighted by molar-refractivity contribution is 5.31. The van der Waals surface area contributed by atoms with Crippen LogP contribution >= 0.6 is 0 Å². The summed E-state index contributed by atoms with van der Waals surface area (Å²) in [5, 5.41) is 3.57. The average molecular weight is 243 g/mol. The summed E-state index contributed by atoms with van der Waals surface area (Å²) in [6, 6.07) is 7.25. The monoisotopic (exact) mass is 243 g/mol. The Kier molecular flexibility index (Phi) is 6.54. The fourth-order valence-electron chi connectivity index (χ4n) is 2.30. The Morgan fingerprint density at radius 3 is 2.78 bits per heavy atom. The predicted octanol–water partition coefficient (Wildman–Crippen LogP) is 3.63. The lowest BCUT2D eigenvalue weighted by atomic mass is 9.96. The maximum absolute atomic E-state index is 5.31. The molecule has 0 aliphatic carbocycles. The Hall–Kier alpha value is -1.26. The third kappa shape index (κ3) is 4.94. The molecule has 1 atom stereocenters. The van der Waals surface area contributed by atoms with Crippen LogP contribution in [0.25, 0.3) is 0 Å². The van der Waals surface area contributed by atoms with Crippen molar-refractivity contribution in [2.45, 2.75) is 52.5 Å². The lowest BCUT2D eigenvalue weighted by Crippen LogP contribution is -2.31. The highest BCUT2D eigenvalue weighted by Crippen LogP contribution is 2.15. The van der Waals surface area contributed by atoms with E-state index in [1.54, 1.807) is 0 Å². The summed E-state index contributed by atoms with van der Waals surface area (Å²) < 4.78 is 0. The van der Waals surface area contributed by atoms with Gasteiger partial charge in [0.1, 0.15) is 0 Å². The number of benzene rings is 1. The van der Waals surface area contributed by atoms with Crippen LogP contribution in [0.3, 0.4) is 0 Å². The highest BCUT2D eigenvalue weighted by Gasteiger charge is 2.09. The molecule has 1 unspecified atom stereocenters. The van der Waals surface area contributed by atoms with Crippen molar-refractivity contribution in [3.8, 4) is 12.3 Å². The third-order valence-electron chi connectivity index (χ3n) is 3.34. The van der Waals surface area contributed by atoms with Crippen LogP contribution < -0.4 is 5.32 Å². The number of likely N-dealkylation sites (N-methyl/N-ethyl adjacent to an activating group) is 1. The molecule has 1 aromatic rings. The molecule has 0 saturated heterocycles. The Balaban J connectivity index is 2.64. The molecule has 0 aromatic heterocycles. The number of aryl methyl sites for hydroxylation is 2. The predicted molar refractivity (Wildman–Crippen MR) is 79.8 cm³/mol. The SMILES string of the molecule is C#CCCCC(Cc1cc(C)ccc1C)NCC. The van der Waals surface area contributed by atoms with E-state index in [2.05, 4.69) is 50.2 Å². The van der Waals surface area contributed by atoms with E-state index in [0.717, 1.165) is 32.2 Å². The minimum absolute atomic E-state index is 0.545. The molecule has 1 aromatic carbocycles. The standard InChI is InChI=1S/C17H25N/c1-5-7-8-9-17(18-6-2)13-16-12-14(3)10-11-15(16)4/h1,10-12,17-18H,6-9,13H2,2-4H3. The summed E-state index contributed by atoms with van der Waals surface area (Å²) in [4.78, 5) is 0. The van der Waals surface area contributed by atoms with Gasteiger partial charge in [-0.05, 0) is 50.8 Å². The molecule has 0 aliphatic heterocycles. The van der Waals surface area contributed by atoms with Crippen LogP contribution in [-0.2, 0) is 6.42 Å². The van der Waals surface area contributed by atoms with Crippen molar-refractivity contribution in [1.29, 1.82) is 0 Å². The van der Waals surface area contributed by atoms with Gasteiger partial charge in [-0.2, -0.15) is 0 Å². The van der Waals surface area contributed by atoms with Gasteiger partial charge in [0.05, 0.1) is 0 Å². The molecule has 0 spiro atoms. The van der Waals surface area contributed by atoms with E-state index in [0.29, 0.717) is 6.04 Å². The Bertz CT molecular complexity index is 401. The minimum Gasteiger partial charge on any atom is -0.314 e. The number of rotatable bonds is 7.